The lowest BCUT2D eigenvalue weighted by Gasteiger charge is -2.32. The van der Waals surface area contributed by atoms with Gasteiger partial charge in [0.2, 0.25) is 0 Å². The van der Waals surface area contributed by atoms with Crippen LogP contribution in [0.4, 0.5) is 4.39 Å². The van der Waals surface area contributed by atoms with E-state index in [9.17, 15) is 4.39 Å². The number of halogens is 1. The van der Waals surface area contributed by atoms with E-state index in [1.807, 2.05) is 0 Å². The van der Waals surface area contributed by atoms with Crippen molar-refractivity contribution in [3.05, 3.63) is 12.2 Å². The average Bonchev–Trinajstić information content (AvgIpc) is 2.76. The lowest BCUT2D eigenvalue weighted by molar-refractivity contribution is 0.156. The van der Waals surface area contributed by atoms with Crippen molar-refractivity contribution >= 4 is 0 Å². The second-order valence-electron chi connectivity index (χ2n) is 5.27. The van der Waals surface area contributed by atoms with Crippen LogP contribution in [0.25, 0.3) is 0 Å². The summed E-state index contributed by atoms with van der Waals surface area (Å²) in [5.74, 6) is 1.41. The number of rotatable bonds is 4. The van der Waals surface area contributed by atoms with Crippen LogP contribution < -0.4 is 0 Å². The molecule has 1 heterocycles. The zero-order valence-electron chi connectivity index (χ0n) is 9.82. The van der Waals surface area contributed by atoms with Crippen LogP contribution in [0.2, 0.25) is 0 Å². The van der Waals surface area contributed by atoms with Crippen molar-refractivity contribution in [2.24, 2.45) is 11.8 Å². The molecule has 86 valence electrons. The fourth-order valence-electron chi connectivity index (χ4n) is 3.15. The van der Waals surface area contributed by atoms with Gasteiger partial charge in [-0.05, 0) is 31.1 Å². The maximum absolute atomic E-state index is 12.5. The van der Waals surface area contributed by atoms with E-state index in [1.54, 1.807) is 0 Å². The molecule has 2 heteroatoms. The zero-order valence-corrected chi connectivity index (χ0v) is 9.82. The van der Waals surface area contributed by atoms with Gasteiger partial charge in [0.25, 0.3) is 0 Å². The van der Waals surface area contributed by atoms with Crippen molar-refractivity contribution in [2.45, 2.75) is 45.2 Å². The van der Waals surface area contributed by atoms with Crippen molar-refractivity contribution < 1.29 is 4.39 Å². The molecule has 2 rings (SSSR count). The van der Waals surface area contributed by atoms with Crippen molar-refractivity contribution in [1.82, 2.24) is 4.90 Å². The standard InChI is InChI=1S/C13H22FN/c1-10(2)3-6-13-11-4-5-12(9-11)15(13)8-7-14/h3,6,10-13H,4-5,7-9H2,1-2H3/b6-3+/t11-,12?,13?/m1/s1. The fourth-order valence-corrected chi connectivity index (χ4v) is 3.15. The number of alkyl halides is 1. The second kappa shape index (κ2) is 4.65. The smallest absolute Gasteiger partial charge is 0.102 e. The van der Waals surface area contributed by atoms with E-state index < -0.39 is 0 Å². The third-order valence-electron chi connectivity index (χ3n) is 3.82. The summed E-state index contributed by atoms with van der Waals surface area (Å²) in [6, 6.07) is 1.20. The van der Waals surface area contributed by atoms with Gasteiger partial charge in [-0.3, -0.25) is 4.90 Å². The Labute approximate surface area is 92.3 Å². The fraction of sp³-hybridized carbons (Fsp3) is 0.846. The highest BCUT2D eigenvalue weighted by Crippen LogP contribution is 2.42. The SMILES string of the molecule is CC(C)/C=C/C1[C@@H]2CCC(C2)N1CCF. The molecule has 2 fully saturated rings. The van der Waals surface area contributed by atoms with E-state index in [-0.39, 0.29) is 6.67 Å². The molecule has 2 aliphatic rings. The first-order chi connectivity index (χ1) is 7.22. The third-order valence-corrected chi connectivity index (χ3v) is 3.82. The van der Waals surface area contributed by atoms with Gasteiger partial charge < -0.3 is 0 Å². The Bertz CT molecular complexity index is 237. The number of fused-ring (bicyclic) bond motifs is 2. The summed E-state index contributed by atoms with van der Waals surface area (Å²) >= 11 is 0. The van der Waals surface area contributed by atoms with Crippen LogP contribution in [0.3, 0.4) is 0 Å². The Kier molecular flexibility index (Phi) is 3.45. The Morgan fingerprint density at radius 3 is 2.87 bits per heavy atom. The van der Waals surface area contributed by atoms with Gasteiger partial charge in [0.15, 0.2) is 0 Å². The van der Waals surface area contributed by atoms with Gasteiger partial charge in [0.05, 0.1) is 0 Å². The molecule has 15 heavy (non-hydrogen) atoms. The van der Waals surface area contributed by atoms with E-state index in [0.717, 1.165) is 5.92 Å². The minimum Gasteiger partial charge on any atom is -0.291 e. The Morgan fingerprint density at radius 2 is 2.20 bits per heavy atom. The molecule has 1 nitrogen and oxygen atoms in total. The zero-order chi connectivity index (χ0) is 10.8. The second-order valence-corrected chi connectivity index (χ2v) is 5.27. The number of piperidine rings is 1. The van der Waals surface area contributed by atoms with Crippen LogP contribution in [0.1, 0.15) is 33.1 Å². The number of nitrogens with zero attached hydrogens (tertiary/aromatic N) is 1. The summed E-state index contributed by atoms with van der Waals surface area (Å²) in [6.45, 7) is 4.83. The molecule has 0 aromatic rings. The first kappa shape index (κ1) is 11.1. The van der Waals surface area contributed by atoms with Crippen molar-refractivity contribution in [2.75, 3.05) is 13.2 Å². The molecule has 0 N–H and O–H groups in total. The lowest BCUT2D eigenvalue weighted by Crippen LogP contribution is -2.40. The van der Waals surface area contributed by atoms with Crippen LogP contribution in [0, 0.1) is 11.8 Å². The molecule has 2 bridgehead atoms. The van der Waals surface area contributed by atoms with Gasteiger partial charge in [0, 0.05) is 18.6 Å². The van der Waals surface area contributed by atoms with Gasteiger partial charge in [-0.1, -0.05) is 26.0 Å². The topological polar surface area (TPSA) is 3.24 Å². The number of allylic oxidation sites excluding steroid dienone is 1. The number of hydrogen-bond donors (Lipinski definition) is 0. The van der Waals surface area contributed by atoms with E-state index in [1.165, 1.54) is 19.3 Å². The summed E-state index contributed by atoms with van der Waals surface area (Å²) in [7, 11) is 0. The molecule has 0 spiro atoms. The molecule has 0 aromatic heterocycles. The Balaban J connectivity index is 2.01. The summed E-state index contributed by atoms with van der Waals surface area (Å²) in [5.41, 5.74) is 0. The third kappa shape index (κ3) is 2.25. The maximum atomic E-state index is 12.5. The summed E-state index contributed by atoms with van der Waals surface area (Å²) in [4.78, 5) is 2.38. The van der Waals surface area contributed by atoms with Crippen molar-refractivity contribution in [3.63, 3.8) is 0 Å². The maximum Gasteiger partial charge on any atom is 0.102 e. The molecule has 1 saturated heterocycles. The molecular formula is C13H22FN. The highest BCUT2D eigenvalue weighted by molar-refractivity contribution is 5.09. The van der Waals surface area contributed by atoms with E-state index >= 15 is 0 Å². The molecule has 2 unspecified atom stereocenters. The first-order valence-electron chi connectivity index (χ1n) is 6.22. The Hall–Kier alpha value is -0.370. The molecule has 0 amide bonds. The van der Waals surface area contributed by atoms with Crippen molar-refractivity contribution in [3.8, 4) is 0 Å². The van der Waals surface area contributed by atoms with Crippen LogP contribution >= 0.6 is 0 Å². The monoisotopic (exact) mass is 211 g/mol. The molecule has 1 saturated carbocycles. The molecule has 1 aliphatic carbocycles. The van der Waals surface area contributed by atoms with E-state index in [4.69, 9.17) is 0 Å². The molecule has 0 radical (unpaired) electrons. The average molecular weight is 211 g/mol. The summed E-state index contributed by atoms with van der Waals surface area (Å²) < 4.78 is 12.5. The van der Waals surface area contributed by atoms with E-state index in [2.05, 4.69) is 30.9 Å². The van der Waals surface area contributed by atoms with Crippen LogP contribution in [-0.4, -0.2) is 30.2 Å². The first-order valence-corrected chi connectivity index (χ1v) is 6.22. The lowest BCUT2D eigenvalue weighted by atomic mass is 9.97. The quantitative estimate of drug-likeness (QED) is 0.646. The van der Waals surface area contributed by atoms with E-state index in [0.29, 0.717) is 24.5 Å². The number of likely N-dealkylation sites (tertiary alicyclic amines) is 1. The predicted octanol–water partition coefficient (Wildman–Crippen LogP) is 3.02. The van der Waals surface area contributed by atoms with Crippen LogP contribution in [0.5, 0.6) is 0 Å². The molecule has 0 aromatic carbocycles. The van der Waals surface area contributed by atoms with Crippen LogP contribution in [-0.2, 0) is 0 Å². The van der Waals surface area contributed by atoms with Gasteiger partial charge >= 0.3 is 0 Å². The highest BCUT2D eigenvalue weighted by Gasteiger charge is 2.43. The largest absolute Gasteiger partial charge is 0.291 e. The molecular weight excluding hydrogens is 189 g/mol. The van der Waals surface area contributed by atoms with Crippen molar-refractivity contribution in [1.29, 1.82) is 0 Å². The van der Waals surface area contributed by atoms with Crippen LogP contribution in [0.15, 0.2) is 12.2 Å². The summed E-state index contributed by atoms with van der Waals surface area (Å²) in [6.07, 6.45) is 8.53. The Morgan fingerprint density at radius 1 is 1.40 bits per heavy atom. The van der Waals surface area contributed by atoms with Gasteiger partial charge in [0.1, 0.15) is 6.67 Å². The minimum absolute atomic E-state index is 0.199. The predicted molar refractivity (Wildman–Crippen MR) is 61.6 cm³/mol. The number of hydrogen-bond acceptors (Lipinski definition) is 1. The van der Waals surface area contributed by atoms with Gasteiger partial charge in [-0.2, -0.15) is 0 Å². The molecule has 3 atom stereocenters. The molecule has 1 aliphatic heterocycles. The normalized spacial score (nSPS) is 36.1. The minimum atomic E-state index is -0.199. The highest BCUT2D eigenvalue weighted by atomic mass is 19.1. The van der Waals surface area contributed by atoms with Gasteiger partial charge in [-0.25, -0.2) is 4.39 Å². The summed E-state index contributed by atoms with van der Waals surface area (Å²) in [5, 5.41) is 0. The van der Waals surface area contributed by atoms with Gasteiger partial charge in [-0.15, -0.1) is 0 Å².